The Morgan fingerprint density at radius 1 is 1.40 bits per heavy atom. The first kappa shape index (κ1) is 15.1. The molecular formula is C15H13ClINO2. The number of aromatic nitrogens is 1. The molecule has 0 saturated heterocycles. The lowest BCUT2D eigenvalue weighted by molar-refractivity contribution is 0.363. The highest BCUT2D eigenvalue weighted by Crippen LogP contribution is 2.30. The van der Waals surface area contributed by atoms with Crippen LogP contribution in [0.15, 0.2) is 47.8 Å². The molecule has 0 bridgehead atoms. The highest BCUT2D eigenvalue weighted by molar-refractivity contribution is 14.1. The Morgan fingerprint density at radius 3 is 2.80 bits per heavy atom. The summed E-state index contributed by atoms with van der Waals surface area (Å²) < 4.78 is 7.70. The molecule has 2 aromatic rings. The van der Waals surface area contributed by atoms with Gasteiger partial charge >= 0.3 is 0 Å². The second kappa shape index (κ2) is 6.45. The minimum Gasteiger partial charge on any atom is -0.490 e. The molecule has 20 heavy (non-hydrogen) atoms. The monoisotopic (exact) mass is 401 g/mol. The van der Waals surface area contributed by atoms with Crippen LogP contribution in [0, 0.1) is 3.57 Å². The highest BCUT2D eigenvalue weighted by atomic mass is 127. The van der Waals surface area contributed by atoms with Crippen LogP contribution in [0.3, 0.4) is 0 Å². The van der Waals surface area contributed by atoms with E-state index in [0.29, 0.717) is 20.9 Å². The number of rotatable bonds is 4. The average molecular weight is 402 g/mol. The van der Waals surface area contributed by atoms with Crippen LogP contribution in [0.2, 0.25) is 5.02 Å². The van der Waals surface area contributed by atoms with Crippen molar-refractivity contribution in [3.8, 4) is 17.0 Å². The summed E-state index contributed by atoms with van der Waals surface area (Å²) in [5.74, 6) is 0.675. The molecule has 2 rings (SSSR count). The summed E-state index contributed by atoms with van der Waals surface area (Å²) in [4.78, 5) is 12.0. The molecule has 1 aromatic carbocycles. The van der Waals surface area contributed by atoms with Crippen molar-refractivity contribution < 1.29 is 4.74 Å². The van der Waals surface area contributed by atoms with Crippen molar-refractivity contribution in [2.24, 2.45) is 7.05 Å². The van der Waals surface area contributed by atoms with Crippen LogP contribution in [0.4, 0.5) is 0 Å². The van der Waals surface area contributed by atoms with E-state index in [4.69, 9.17) is 16.3 Å². The SMILES string of the molecule is C=CCOc1ccc(-c2ccc(I)c(=O)n2C)c(Cl)c1. The first-order valence-electron chi connectivity index (χ1n) is 5.93. The van der Waals surface area contributed by atoms with Crippen molar-refractivity contribution in [2.45, 2.75) is 0 Å². The molecule has 0 aliphatic heterocycles. The molecule has 1 aromatic heterocycles. The van der Waals surface area contributed by atoms with Gasteiger partial charge in [0.25, 0.3) is 5.56 Å². The normalized spacial score (nSPS) is 10.3. The van der Waals surface area contributed by atoms with Crippen molar-refractivity contribution in [3.05, 3.63) is 61.9 Å². The van der Waals surface area contributed by atoms with E-state index in [2.05, 4.69) is 6.58 Å². The van der Waals surface area contributed by atoms with Crippen LogP contribution in [0.1, 0.15) is 0 Å². The zero-order chi connectivity index (χ0) is 14.7. The van der Waals surface area contributed by atoms with Crippen LogP contribution in [-0.2, 0) is 7.05 Å². The summed E-state index contributed by atoms with van der Waals surface area (Å²) in [6.45, 7) is 4.02. The average Bonchev–Trinajstić information content (AvgIpc) is 2.44. The second-order valence-corrected chi connectivity index (χ2v) is 5.74. The molecule has 0 fully saturated rings. The van der Waals surface area contributed by atoms with Crippen LogP contribution in [0.25, 0.3) is 11.3 Å². The third kappa shape index (κ3) is 3.07. The van der Waals surface area contributed by atoms with E-state index in [-0.39, 0.29) is 5.56 Å². The van der Waals surface area contributed by atoms with Gasteiger partial charge in [0, 0.05) is 12.6 Å². The summed E-state index contributed by atoms with van der Waals surface area (Å²) in [5.41, 5.74) is 1.54. The van der Waals surface area contributed by atoms with E-state index in [1.54, 1.807) is 29.8 Å². The van der Waals surface area contributed by atoms with Gasteiger partial charge in [-0.1, -0.05) is 24.3 Å². The molecule has 3 nitrogen and oxygen atoms in total. The van der Waals surface area contributed by atoms with Crippen molar-refractivity contribution in [1.29, 1.82) is 0 Å². The topological polar surface area (TPSA) is 31.2 Å². The van der Waals surface area contributed by atoms with Gasteiger partial charge in [0.05, 0.1) is 14.3 Å². The minimum atomic E-state index is -0.0360. The second-order valence-electron chi connectivity index (χ2n) is 4.17. The quantitative estimate of drug-likeness (QED) is 0.575. The Hall–Kier alpha value is -1.27. The fourth-order valence-electron chi connectivity index (χ4n) is 1.82. The van der Waals surface area contributed by atoms with Crippen molar-refractivity contribution >= 4 is 34.2 Å². The minimum absolute atomic E-state index is 0.0360. The number of nitrogens with zero attached hydrogens (tertiary/aromatic N) is 1. The smallest absolute Gasteiger partial charge is 0.264 e. The molecule has 1 heterocycles. The lowest BCUT2D eigenvalue weighted by Crippen LogP contribution is -2.20. The van der Waals surface area contributed by atoms with E-state index in [1.165, 1.54) is 0 Å². The lowest BCUT2D eigenvalue weighted by atomic mass is 10.1. The summed E-state index contributed by atoms with van der Waals surface area (Å²) in [7, 11) is 1.73. The molecule has 5 heteroatoms. The Morgan fingerprint density at radius 2 is 2.15 bits per heavy atom. The van der Waals surface area contributed by atoms with Crippen LogP contribution in [0.5, 0.6) is 5.75 Å². The first-order valence-corrected chi connectivity index (χ1v) is 7.39. The van der Waals surface area contributed by atoms with E-state index >= 15 is 0 Å². The molecule has 0 spiro atoms. The van der Waals surface area contributed by atoms with Crippen molar-refractivity contribution in [2.75, 3.05) is 6.61 Å². The molecule has 0 aliphatic rings. The maximum absolute atomic E-state index is 12.0. The van der Waals surface area contributed by atoms with Crippen LogP contribution in [-0.4, -0.2) is 11.2 Å². The number of pyridine rings is 1. The Labute approximate surface area is 136 Å². The van der Waals surface area contributed by atoms with Gasteiger partial charge in [-0.3, -0.25) is 4.79 Å². The predicted molar refractivity (Wildman–Crippen MR) is 90.5 cm³/mol. The molecule has 0 radical (unpaired) electrons. The zero-order valence-electron chi connectivity index (χ0n) is 10.9. The highest BCUT2D eigenvalue weighted by Gasteiger charge is 2.10. The fraction of sp³-hybridized carbons (Fsp3) is 0.133. The molecular weight excluding hydrogens is 389 g/mol. The molecule has 0 unspecified atom stereocenters. The number of hydrogen-bond donors (Lipinski definition) is 0. The van der Waals surface area contributed by atoms with Gasteiger partial charge in [0.15, 0.2) is 0 Å². The summed E-state index contributed by atoms with van der Waals surface area (Å²) in [6, 6.07) is 9.09. The zero-order valence-corrected chi connectivity index (χ0v) is 13.8. The van der Waals surface area contributed by atoms with E-state index in [1.807, 2.05) is 40.8 Å². The lowest BCUT2D eigenvalue weighted by Gasteiger charge is -2.12. The van der Waals surface area contributed by atoms with E-state index < -0.39 is 0 Å². The molecule has 0 aliphatic carbocycles. The number of halogens is 2. The third-order valence-electron chi connectivity index (χ3n) is 2.84. The third-order valence-corrected chi connectivity index (χ3v) is 3.98. The van der Waals surface area contributed by atoms with E-state index in [9.17, 15) is 4.79 Å². The van der Waals surface area contributed by atoms with Crippen molar-refractivity contribution in [3.63, 3.8) is 0 Å². The molecule has 0 amide bonds. The Balaban J connectivity index is 2.46. The summed E-state index contributed by atoms with van der Waals surface area (Å²) in [6.07, 6.45) is 1.67. The molecule has 0 saturated carbocycles. The molecule has 0 N–H and O–H groups in total. The van der Waals surface area contributed by atoms with Gasteiger partial charge in [-0.15, -0.1) is 0 Å². The summed E-state index contributed by atoms with van der Waals surface area (Å²) >= 11 is 8.30. The maximum Gasteiger partial charge on any atom is 0.264 e. The molecule has 104 valence electrons. The van der Waals surface area contributed by atoms with Gasteiger partial charge in [-0.05, 0) is 52.9 Å². The summed E-state index contributed by atoms with van der Waals surface area (Å²) in [5, 5.41) is 0.544. The van der Waals surface area contributed by atoms with Gasteiger partial charge in [-0.25, -0.2) is 0 Å². The number of hydrogen-bond acceptors (Lipinski definition) is 2. The Bertz CT molecular complexity index is 710. The van der Waals surface area contributed by atoms with Crippen LogP contribution >= 0.6 is 34.2 Å². The molecule has 0 atom stereocenters. The predicted octanol–water partition coefficient (Wildman–Crippen LogP) is 3.88. The van der Waals surface area contributed by atoms with Gasteiger partial charge in [0.1, 0.15) is 12.4 Å². The van der Waals surface area contributed by atoms with E-state index in [0.717, 1.165) is 11.3 Å². The van der Waals surface area contributed by atoms with Gasteiger partial charge in [0.2, 0.25) is 0 Å². The first-order chi connectivity index (χ1) is 9.54. The Kier molecular flexibility index (Phi) is 4.88. The number of benzene rings is 1. The van der Waals surface area contributed by atoms with Crippen LogP contribution < -0.4 is 10.3 Å². The fourth-order valence-corrected chi connectivity index (χ4v) is 2.63. The van der Waals surface area contributed by atoms with Gasteiger partial charge < -0.3 is 9.30 Å². The standard InChI is InChI=1S/C15H13ClINO2/c1-3-8-20-10-4-5-11(12(16)9-10)14-7-6-13(17)15(19)18(14)2/h3-7,9H,1,8H2,2H3. The van der Waals surface area contributed by atoms with Crippen molar-refractivity contribution in [1.82, 2.24) is 4.57 Å². The number of ether oxygens (including phenoxy) is 1. The largest absolute Gasteiger partial charge is 0.490 e. The van der Waals surface area contributed by atoms with Gasteiger partial charge in [-0.2, -0.15) is 0 Å². The maximum atomic E-state index is 12.0.